The van der Waals surface area contributed by atoms with Crippen LogP contribution in [-0.2, 0) is 40.3 Å². The van der Waals surface area contributed by atoms with Crippen molar-refractivity contribution in [2.75, 3.05) is 75.9 Å². The van der Waals surface area contributed by atoms with Gasteiger partial charge in [0.2, 0.25) is 6.54 Å². The Morgan fingerprint density at radius 3 is 1.51 bits per heavy atom. The first-order chi connectivity index (χ1) is 39.3. The van der Waals surface area contributed by atoms with E-state index in [2.05, 4.69) is 25.2 Å². The molecule has 2 heterocycles. The summed E-state index contributed by atoms with van der Waals surface area (Å²) in [4.78, 5) is 38.3. The zero-order valence-corrected chi connectivity index (χ0v) is 53.8. The van der Waals surface area contributed by atoms with Gasteiger partial charge in [-0.05, 0) is 89.1 Å². The van der Waals surface area contributed by atoms with E-state index in [0.29, 0.717) is 82.3 Å². The zero-order valence-electron chi connectivity index (χ0n) is 49.1. The number of nitrogens with one attached hydrogen (secondary N) is 2. The average Bonchev–Trinajstić information content (AvgIpc) is 2.29. The lowest BCUT2D eigenvalue weighted by Gasteiger charge is -2.35. The van der Waals surface area contributed by atoms with Gasteiger partial charge in [0.15, 0.2) is 0 Å². The van der Waals surface area contributed by atoms with Crippen LogP contribution in [0.25, 0.3) is 14.5 Å². The molecule has 0 saturated carbocycles. The topological polar surface area (TPSA) is 135 Å². The second-order valence-corrected chi connectivity index (χ2v) is 22.5. The summed E-state index contributed by atoms with van der Waals surface area (Å²) in [5.41, 5.74) is 2.62. The Bertz CT molecular complexity index is 2750. The minimum atomic E-state index is -0.689. The number of rotatable bonds is 17. The second kappa shape index (κ2) is 41.3. The van der Waals surface area contributed by atoms with Crippen molar-refractivity contribution in [2.45, 2.75) is 109 Å². The van der Waals surface area contributed by atoms with Gasteiger partial charge in [-0.1, -0.05) is 97.1 Å². The Kier molecular flexibility index (Phi) is 37.4. The maximum absolute atomic E-state index is 12.4. The van der Waals surface area contributed by atoms with Crippen molar-refractivity contribution >= 4 is 83.4 Å². The Balaban J connectivity index is 0.000000558. The Hall–Kier alpha value is -5.83. The van der Waals surface area contributed by atoms with E-state index in [1.807, 2.05) is 163 Å². The number of phenols is 1. The number of nitrogens with zero attached hydrogens (tertiary/aromatic N) is 5. The summed E-state index contributed by atoms with van der Waals surface area (Å²) in [7, 11) is 0. The average molecular weight is 1280 g/mol. The summed E-state index contributed by atoms with van der Waals surface area (Å²) in [6, 6.07) is 42.6. The van der Waals surface area contributed by atoms with E-state index in [0.717, 1.165) is 78.3 Å². The minimum absolute atomic E-state index is 0. The standard InChI is InChI=1S/C24H28N2O3.C15H13NO.C12H14N2O.C9H17Cl2NO2.C4H9Cl2N.2ClH/c1-23(2,3)29-22(27)26-16-14-24(25-4,15-17-26)20-12-8-9-13-21(20)28-18-19-10-6-5-7-11-19;1-16-11-14-9-5-6-10-15(14)17-12-13-7-3-2-4-8-13;1-13-12(6-8-14-9-7-12)10-4-2-3-5-11(10)15;1-9(2,3)14-8(13)12(6-4-10)7-5-11;5-1-3-7-4-2-6;;/h5-13H,14-18H2,1-3H3;2-10H,11-12H2;2-5,14-15H,6-9H2;4-7H2,1-3H3;7H,1-4H2;2*1H. The van der Waals surface area contributed by atoms with Gasteiger partial charge in [-0.3, -0.25) is 0 Å². The fraction of sp³-hybridized carbons (Fsp3) is 0.453. The predicted molar refractivity (Wildman–Crippen MR) is 347 cm³/mol. The first-order valence-electron chi connectivity index (χ1n) is 27.3. The lowest BCUT2D eigenvalue weighted by Crippen LogP contribution is -2.45. The number of phenolic OH excluding ortho intramolecular Hbond substituents is 1. The number of hydrogen-bond acceptors (Lipinski definition) is 9. The first-order valence-corrected chi connectivity index (χ1v) is 29.5. The number of para-hydroxylation sites is 3. The Labute approximate surface area is 532 Å². The third-order valence-electron chi connectivity index (χ3n) is 12.5. The molecule has 0 spiro atoms. The van der Waals surface area contributed by atoms with Crippen molar-refractivity contribution in [1.82, 2.24) is 20.4 Å². The molecule has 2 aliphatic heterocycles. The molecule has 0 bridgehead atoms. The molecular formula is C64H83Cl6N7O7. The molecule has 3 N–H and O–H groups in total. The minimum Gasteiger partial charge on any atom is -0.507 e. The van der Waals surface area contributed by atoms with Crippen LogP contribution in [-0.4, -0.2) is 114 Å². The van der Waals surface area contributed by atoms with E-state index in [1.165, 1.54) is 4.90 Å². The van der Waals surface area contributed by atoms with E-state index < -0.39 is 22.3 Å². The van der Waals surface area contributed by atoms with E-state index >= 15 is 0 Å². The molecule has 5 aromatic carbocycles. The Morgan fingerprint density at radius 1 is 0.607 bits per heavy atom. The number of carbonyl (C=O) groups excluding carboxylic acids is 2. The van der Waals surface area contributed by atoms with Gasteiger partial charge in [0, 0.05) is 102 Å². The van der Waals surface area contributed by atoms with E-state index in [9.17, 15) is 14.7 Å². The van der Waals surface area contributed by atoms with E-state index in [1.54, 1.807) is 17.0 Å². The van der Waals surface area contributed by atoms with Gasteiger partial charge >= 0.3 is 12.2 Å². The molecule has 458 valence electrons. The van der Waals surface area contributed by atoms with Gasteiger partial charge < -0.3 is 59.0 Å². The van der Waals surface area contributed by atoms with Gasteiger partial charge in [-0.15, -0.1) is 71.2 Å². The monoisotopic (exact) mass is 1270 g/mol. The maximum Gasteiger partial charge on any atom is 0.410 e. The van der Waals surface area contributed by atoms with Crippen LogP contribution in [0.1, 0.15) is 95.0 Å². The van der Waals surface area contributed by atoms with Crippen LogP contribution in [0.15, 0.2) is 133 Å². The van der Waals surface area contributed by atoms with Crippen LogP contribution in [0.2, 0.25) is 0 Å². The molecular weight excluding hydrogens is 1190 g/mol. The number of ether oxygens (including phenoxy) is 4. The predicted octanol–water partition coefficient (Wildman–Crippen LogP) is 15.6. The molecule has 14 nitrogen and oxygen atoms in total. The molecule has 0 aromatic heterocycles. The number of benzene rings is 5. The number of aromatic hydroxyl groups is 1. The van der Waals surface area contributed by atoms with Gasteiger partial charge in [-0.25, -0.2) is 29.3 Å². The molecule has 84 heavy (non-hydrogen) atoms. The highest BCUT2D eigenvalue weighted by molar-refractivity contribution is 6.19. The number of piperidine rings is 2. The van der Waals surface area contributed by atoms with Crippen molar-refractivity contribution < 1.29 is 33.6 Å². The summed E-state index contributed by atoms with van der Waals surface area (Å²) in [6.45, 7) is 39.9. The van der Waals surface area contributed by atoms with Crippen molar-refractivity contribution in [2.24, 2.45) is 0 Å². The largest absolute Gasteiger partial charge is 0.507 e. The van der Waals surface area contributed by atoms with Crippen LogP contribution in [0.3, 0.4) is 0 Å². The van der Waals surface area contributed by atoms with Gasteiger partial charge in [0.25, 0.3) is 11.1 Å². The number of hydrogen-bond donors (Lipinski definition) is 3. The number of likely N-dealkylation sites (tertiary alicyclic amines) is 1. The molecule has 2 saturated heterocycles. The summed E-state index contributed by atoms with van der Waals surface area (Å²) >= 11 is 21.8. The van der Waals surface area contributed by atoms with Gasteiger partial charge in [0.1, 0.15) is 41.7 Å². The SMILES string of the molecule is CC(C)(C)OC(=O)N(CCCl)CCCl.Cl.Cl.ClCCNCCCl.[C-]#[N+]C1(c2ccccc2O)CCNCC1.[C-]#[N+]C1(c2ccccc2OCc2ccccc2)CCN(C(=O)OC(C)(C)C)CC1.[C-]#[N+]Cc1ccccc1OCc1ccccc1. The van der Waals surface area contributed by atoms with E-state index in [-0.39, 0.29) is 42.8 Å². The molecule has 2 amide bonds. The lowest BCUT2D eigenvalue weighted by molar-refractivity contribution is 0.0180. The molecule has 2 fully saturated rings. The number of carbonyl (C=O) groups is 2. The molecule has 0 radical (unpaired) electrons. The molecule has 0 unspecified atom stereocenters. The van der Waals surface area contributed by atoms with Crippen LogP contribution >= 0.6 is 71.2 Å². The normalized spacial score (nSPS) is 13.6. The summed E-state index contributed by atoms with van der Waals surface area (Å²) in [6.07, 6.45) is 1.98. The van der Waals surface area contributed by atoms with Crippen LogP contribution in [0.5, 0.6) is 17.2 Å². The first kappa shape index (κ1) is 76.2. The van der Waals surface area contributed by atoms with Crippen molar-refractivity contribution in [3.8, 4) is 17.2 Å². The highest BCUT2D eigenvalue weighted by Gasteiger charge is 2.46. The van der Waals surface area contributed by atoms with Crippen LogP contribution < -0.4 is 20.1 Å². The lowest BCUT2D eigenvalue weighted by atomic mass is 9.81. The molecule has 2 aliphatic rings. The molecule has 7 rings (SSSR count). The third kappa shape index (κ3) is 27.9. The number of halogens is 6. The second-order valence-electron chi connectivity index (χ2n) is 21.0. The molecule has 0 atom stereocenters. The summed E-state index contributed by atoms with van der Waals surface area (Å²) in [5, 5.41) is 16.1. The summed E-state index contributed by atoms with van der Waals surface area (Å²) < 4.78 is 22.5. The maximum atomic E-state index is 12.4. The highest BCUT2D eigenvalue weighted by atomic mass is 35.5. The number of amides is 2. The fourth-order valence-electron chi connectivity index (χ4n) is 8.37. The van der Waals surface area contributed by atoms with E-state index in [4.69, 9.17) is 85.1 Å². The molecule has 5 aromatic rings. The quantitative estimate of drug-likeness (QED) is 0.0472. The van der Waals surface area contributed by atoms with Crippen LogP contribution in [0.4, 0.5) is 9.59 Å². The molecule has 20 heteroatoms. The van der Waals surface area contributed by atoms with Crippen molar-refractivity contribution in [3.05, 3.63) is 196 Å². The zero-order chi connectivity index (χ0) is 60.3. The van der Waals surface area contributed by atoms with Crippen molar-refractivity contribution in [3.63, 3.8) is 0 Å². The fourth-order valence-corrected chi connectivity index (χ4v) is 9.04. The number of alkyl halides is 4. The highest BCUT2D eigenvalue weighted by Crippen LogP contribution is 2.42. The molecule has 0 aliphatic carbocycles. The van der Waals surface area contributed by atoms with Crippen molar-refractivity contribution in [1.29, 1.82) is 0 Å². The summed E-state index contributed by atoms with van der Waals surface area (Å²) in [5.74, 6) is 3.88. The van der Waals surface area contributed by atoms with Gasteiger partial charge in [0.05, 0.1) is 16.7 Å². The smallest absolute Gasteiger partial charge is 0.410 e. The third-order valence-corrected chi connectivity index (χ3v) is 13.2. The van der Waals surface area contributed by atoms with Gasteiger partial charge in [-0.2, -0.15) is 0 Å². The Morgan fingerprint density at radius 2 is 1.05 bits per heavy atom. The van der Waals surface area contributed by atoms with Crippen LogP contribution in [0, 0.1) is 19.7 Å².